The van der Waals surface area contributed by atoms with E-state index in [9.17, 15) is 0 Å². The lowest BCUT2D eigenvalue weighted by molar-refractivity contribution is 1.16. The fraction of sp³-hybridized carbons (Fsp3) is 0.0455. The van der Waals surface area contributed by atoms with Crippen LogP contribution in [0.3, 0.4) is 0 Å². The molecule has 0 aliphatic rings. The summed E-state index contributed by atoms with van der Waals surface area (Å²) in [5.74, 6) is 0. The zero-order chi connectivity index (χ0) is 18.1. The van der Waals surface area contributed by atoms with Gasteiger partial charge in [0, 0.05) is 30.2 Å². The smallest absolute Gasteiger partial charge is 0.0713 e. The Morgan fingerprint density at radius 2 is 1.65 bits per heavy atom. The third kappa shape index (κ3) is 3.52. The molecule has 0 saturated carbocycles. The van der Waals surface area contributed by atoms with E-state index in [4.69, 9.17) is 16.6 Å². The van der Waals surface area contributed by atoms with Crippen molar-refractivity contribution in [2.45, 2.75) is 16.7 Å². The molecule has 0 aliphatic carbocycles. The molecule has 128 valence electrons. The second-order valence-electron chi connectivity index (χ2n) is 5.98. The van der Waals surface area contributed by atoms with Crippen molar-refractivity contribution < 1.29 is 0 Å². The number of rotatable bonds is 3. The van der Waals surface area contributed by atoms with E-state index >= 15 is 0 Å². The Labute approximate surface area is 170 Å². The molecule has 1 nitrogen and oxygen atoms in total. The van der Waals surface area contributed by atoms with Gasteiger partial charge >= 0.3 is 0 Å². The molecule has 4 aromatic rings. The van der Waals surface area contributed by atoms with Crippen LogP contribution in [0.1, 0.15) is 5.69 Å². The summed E-state index contributed by atoms with van der Waals surface area (Å²) in [5.41, 5.74) is 4.44. The van der Waals surface area contributed by atoms with Crippen LogP contribution in [0.4, 0.5) is 0 Å². The summed E-state index contributed by atoms with van der Waals surface area (Å²) in [4.78, 5) is 7.16. The van der Waals surface area contributed by atoms with Crippen LogP contribution in [0.25, 0.3) is 22.0 Å². The highest BCUT2D eigenvalue weighted by atomic mass is 79.9. The maximum atomic E-state index is 6.04. The van der Waals surface area contributed by atoms with Gasteiger partial charge < -0.3 is 0 Å². The molecule has 1 heterocycles. The first-order valence-corrected chi connectivity index (χ1v) is 10.2. The van der Waals surface area contributed by atoms with Gasteiger partial charge in [0.2, 0.25) is 0 Å². The topological polar surface area (TPSA) is 12.9 Å². The van der Waals surface area contributed by atoms with Crippen LogP contribution in [0, 0.1) is 6.92 Å². The van der Waals surface area contributed by atoms with E-state index in [0.717, 1.165) is 31.0 Å². The molecule has 0 amide bonds. The third-order valence-electron chi connectivity index (χ3n) is 4.17. The average molecular weight is 441 g/mol. The average Bonchev–Trinajstić information content (AvgIpc) is 2.65. The minimum atomic E-state index is 0.745. The summed E-state index contributed by atoms with van der Waals surface area (Å²) in [6.07, 6.45) is 0. The number of benzene rings is 3. The van der Waals surface area contributed by atoms with Crippen LogP contribution in [-0.4, -0.2) is 4.98 Å². The zero-order valence-corrected chi connectivity index (χ0v) is 17.2. The van der Waals surface area contributed by atoms with E-state index in [1.807, 2.05) is 36.4 Å². The number of hydrogen-bond acceptors (Lipinski definition) is 2. The first kappa shape index (κ1) is 17.6. The largest absolute Gasteiger partial charge is 0.252 e. The predicted octanol–water partition coefficient (Wildman–Crippen LogP) is 7.78. The Hall–Kier alpha value is -1.81. The number of halogens is 2. The van der Waals surface area contributed by atoms with Gasteiger partial charge in [-0.25, -0.2) is 0 Å². The van der Waals surface area contributed by atoms with Gasteiger partial charge in [-0.05, 0) is 55.0 Å². The monoisotopic (exact) mass is 439 g/mol. The first-order valence-electron chi connectivity index (χ1n) is 8.20. The highest BCUT2D eigenvalue weighted by Crippen LogP contribution is 2.42. The van der Waals surface area contributed by atoms with Crippen molar-refractivity contribution in [2.24, 2.45) is 0 Å². The van der Waals surface area contributed by atoms with Gasteiger partial charge in [-0.15, -0.1) is 0 Å². The van der Waals surface area contributed by atoms with Gasteiger partial charge in [-0.1, -0.05) is 69.6 Å². The van der Waals surface area contributed by atoms with Crippen molar-refractivity contribution in [1.29, 1.82) is 0 Å². The number of aromatic nitrogens is 1. The van der Waals surface area contributed by atoms with Gasteiger partial charge in [0.15, 0.2) is 0 Å². The molecule has 26 heavy (non-hydrogen) atoms. The lowest BCUT2D eigenvalue weighted by Crippen LogP contribution is -1.94. The van der Waals surface area contributed by atoms with E-state index in [-0.39, 0.29) is 0 Å². The van der Waals surface area contributed by atoms with Crippen molar-refractivity contribution in [2.75, 3.05) is 0 Å². The molecule has 0 fully saturated rings. The number of aryl methyl sites for hydroxylation is 1. The zero-order valence-electron chi connectivity index (χ0n) is 14.0. The Balaban J connectivity index is 1.98. The summed E-state index contributed by atoms with van der Waals surface area (Å²) >= 11 is 11.4. The van der Waals surface area contributed by atoms with Crippen molar-refractivity contribution in [3.63, 3.8) is 0 Å². The minimum Gasteiger partial charge on any atom is -0.252 e. The molecule has 4 rings (SSSR count). The number of nitrogens with zero attached hydrogens (tertiary/aromatic N) is 1. The third-order valence-corrected chi connectivity index (χ3v) is 6.12. The molecule has 4 heteroatoms. The molecule has 0 radical (unpaired) electrons. The number of hydrogen-bond donors (Lipinski definition) is 0. The quantitative estimate of drug-likeness (QED) is 0.322. The summed E-state index contributed by atoms with van der Waals surface area (Å²) in [7, 11) is 0. The normalized spacial score (nSPS) is 11.0. The lowest BCUT2D eigenvalue weighted by Gasteiger charge is -2.16. The number of fused-ring (bicyclic) bond motifs is 1. The Morgan fingerprint density at radius 1 is 0.923 bits per heavy atom. The second-order valence-corrected chi connectivity index (χ2v) is 8.42. The van der Waals surface area contributed by atoms with E-state index in [0.29, 0.717) is 0 Å². The standard InChI is InChI=1S/C22H15BrClNS/c1-14-22(26-18-10-8-17(24)9-11-18)21(15-5-3-2-4-6-15)19-13-16(23)7-12-20(19)25-14/h2-13H,1H3. The molecule has 0 saturated heterocycles. The molecule has 0 N–H and O–H groups in total. The SMILES string of the molecule is Cc1nc2ccc(Br)cc2c(-c2ccccc2)c1Sc1ccc(Cl)cc1. The van der Waals surface area contributed by atoms with Gasteiger partial charge in [0.05, 0.1) is 11.2 Å². The summed E-state index contributed by atoms with van der Waals surface area (Å²) in [6, 6.07) is 24.7. The van der Waals surface area contributed by atoms with Crippen molar-refractivity contribution in [1.82, 2.24) is 4.98 Å². The lowest BCUT2D eigenvalue weighted by atomic mass is 10.00. The van der Waals surface area contributed by atoms with Crippen LogP contribution >= 0.6 is 39.3 Å². The van der Waals surface area contributed by atoms with E-state index < -0.39 is 0 Å². The van der Waals surface area contributed by atoms with Crippen LogP contribution in [0.5, 0.6) is 0 Å². The Bertz CT molecular complexity index is 1080. The van der Waals surface area contributed by atoms with Gasteiger partial charge in [0.25, 0.3) is 0 Å². The second kappa shape index (κ2) is 7.43. The molecule has 0 atom stereocenters. The molecular formula is C22H15BrClNS. The molecule has 0 spiro atoms. The molecule has 0 bridgehead atoms. The van der Waals surface area contributed by atoms with Crippen molar-refractivity contribution in [3.8, 4) is 11.1 Å². The van der Waals surface area contributed by atoms with E-state index in [1.54, 1.807) is 11.8 Å². The Morgan fingerprint density at radius 3 is 2.38 bits per heavy atom. The van der Waals surface area contributed by atoms with Gasteiger partial charge in [0.1, 0.15) is 0 Å². The molecule has 0 unspecified atom stereocenters. The van der Waals surface area contributed by atoms with Crippen molar-refractivity contribution >= 4 is 50.2 Å². The Kier molecular flexibility index (Phi) is 5.03. The number of pyridine rings is 1. The highest BCUT2D eigenvalue weighted by Gasteiger charge is 2.16. The summed E-state index contributed by atoms with van der Waals surface area (Å²) < 4.78 is 1.05. The van der Waals surface area contributed by atoms with Crippen molar-refractivity contribution in [3.05, 3.63) is 88.0 Å². The molecule has 0 aliphatic heterocycles. The highest BCUT2D eigenvalue weighted by molar-refractivity contribution is 9.10. The summed E-state index contributed by atoms with van der Waals surface area (Å²) in [6.45, 7) is 2.08. The predicted molar refractivity (Wildman–Crippen MR) is 115 cm³/mol. The van der Waals surface area contributed by atoms with Crippen LogP contribution in [-0.2, 0) is 0 Å². The van der Waals surface area contributed by atoms with Crippen LogP contribution in [0.2, 0.25) is 5.02 Å². The maximum Gasteiger partial charge on any atom is 0.0713 e. The fourth-order valence-corrected chi connectivity index (χ4v) is 4.50. The maximum absolute atomic E-state index is 6.04. The fourth-order valence-electron chi connectivity index (χ4n) is 2.98. The van der Waals surface area contributed by atoms with Gasteiger partial charge in [-0.2, -0.15) is 0 Å². The van der Waals surface area contributed by atoms with Gasteiger partial charge in [-0.3, -0.25) is 4.98 Å². The first-order chi connectivity index (χ1) is 12.6. The summed E-state index contributed by atoms with van der Waals surface area (Å²) in [5, 5.41) is 1.89. The molecular weight excluding hydrogens is 426 g/mol. The van der Waals surface area contributed by atoms with Crippen LogP contribution < -0.4 is 0 Å². The van der Waals surface area contributed by atoms with E-state index in [2.05, 4.69) is 59.3 Å². The van der Waals surface area contributed by atoms with Crippen LogP contribution in [0.15, 0.2) is 87.1 Å². The molecule has 3 aromatic carbocycles. The molecule has 1 aromatic heterocycles. The van der Waals surface area contributed by atoms with E-state index in [1.165, 1.54) is 16.0 Å². The minimum absolute atomic E-state index is 0.745.